The standard InChI is InChI=1S/C15H17N3OS/c1-9-12(19)5-6-15(2,16)13(9)10-3-4-11(18-10)14-17-7-8-20-14/h3-8,13,18-19H,16H2,1-2H3. The van der Waals surface area contributed by atoms with Gasteiger partial charge in [-0.05, 0) is 37.6 Å². The van der Waals surface area contributed by atoms with Gasteiger partial charge < -0.3 is 15.8 Å². The summed E-state index contributed by atoms with van der Waals surface area (Å²) in [4.78, 5) is 7.68. The number of hydrogen-bond donors (Lipinski definition) is 3. The Hall–Kier alpha value is -1.85. The fourth-order valence-corrected chi connectivity index (χ4v) is 3.35. The third-order valence-electron chi connectivity index (χ3n) is 3.74. The zero-order chi connectivity index (χ0) is 14.3. The molecule has 2 heterocycles. The summed E-state index contributed by atoms with van der Waals surface area (Å²) in [6, 6.07) is 4.02. The lowest BCUT2D eigenvalue weighted by molar-refractivity contribution is 0.390. The van der Waals surface area contributed by atoms with E-state index in [1.54, 1.807) is 23.6 Å². The van der Waals surface area contributed by atoms with E-state index in [0.717, 1.165) is 22.0 Å². The highest BCUT2D eigenvalue weighted by Crippen LogP contribution is 2.39. The molecule has 1 aliphatic carbocycles. The van der Waals surface area contributed by atoms with Gasteiger partial charge in [0.05, 0.1) is 5.69 Å². The maximum atomic E-state index is 9.95. The highest BCUT2D eigenvalue weighted by Gasteiger charge is 2.35. The zero-order valence-corrected chi connectivity index (χ0v) is 12.2. The lowest BCUT2D eigenvalue weighted by Crippen LogP contribution is -2.43. The average molecular weight is 287 g/mol. The molecule has 0 bridgehead atoms. The molecule has 2 aromatic rings. The molecule has 0 saturated carbocycles. The third-order valence-corrected chi connectivity index (χ3v) is 4.55. The molecule has 0 fully saturated rings. The van der Waals surface area contributed by atoms with E-state index in [2.05, 4.69) is 9.97 Å². The van der Waals surface area contributed by atoms with E-state index in [1.165, 1.54) is 0 Å². The monoisotopic (exact) mass is 287 g/mol. The molecule has 4 nitrogen and oxygen atoms in total. The highest BCUT2D eigenvalue weighted by atomic mass is 32.1. The van der Waals surface area contributed by atoms with E-state index >= 15 is 0 Å². The molecule has 2 aromatic heterocycles. The number of hydrogen-bond acceptors (Lipinski definition) is 4. The van der Waals surface area contributed by atoms with Crippen LogP contribution in [0.2, 0.25) is 0 Å². The number of nitrogens with zero attached hydrogens (tertiary/aromatic N) is 1. The van der Waals surface area contributed by atoms with Crippen LogP contribution in [0.5, 0.6) is 0 Å². The molecule has 104 valence electrons. The Labute approximate surface area is 121 Å². The number of nitrogens with two attached hydrogens (primary N) is 1. The molecule has 20 heavy (non-hydrogen) atoms. The molecule has 2 unspecified atom stereocenters. The van der Waals surface area contributed by atoms with Crippen molar-refractivity contribution in [3.63, 3.8) is 0 Å². The van der Waals surface area contributed by atoms with Crippen LogP contribution >= 0.6 is 11.3 Å². The number of H-pyrrole nitrogens is 1. The molecule has 0 aliphatic heterocycles. The molecule has 4 N–H and O–H groups in total. The van der Waals surface area contributed by atoms with E-state index in [-0.39, 0.29) is 5.92 Å². The van der Waals surface area contributed by atoms with E-state index in [9.17, 15) is 5.11 Å². The maximum Gasteiger partial charge on any atom is 0.139 e. The van der Waals surface area contributed by atoms with Gasteiger partial charge in [0.15, 0.2) is 0 Å². The first kappa shape index (κ1) is 13.1. The van der Waals surface area contributed by atoms with Gasteiger partial charge in [-0.25, -0.2) is 4.98 Å². The molecule has 5 heteroatoms. The number of aromatic nitrogens is 2. The van der Waals surface area contributed by atoms with Gasteiger partial charge in [0.25, 0.3) is 0 Å². The lowest BCUT2D eigenvalue weighted by Gasteiger charge is -2.34. The minimum atomic E-state index is -0.526. The van der Waals surface area contributed by atoms with Crippen LogP contribution in [-0.2, 0) is 0 Å². The molecule has 0 saturated heterocycles. The first-order valence-electron chi connectivity index (χ1n) is 6.45. The molecule has 0 radical (unpaired) electrons. The Kier molecular flexibility index (Phi) is 3.03. The van der Waals surface area contributed by atoms with Crippen LogP contribution in [0.4, 0.5) is 0 Å². The normalized spacial score (nSPS) is 26.2. The van der Waals surface area contributed by atoms with Crippen molar-refractivity contribution in [1.82, 2.24) is 9.97 Å². The Morgan fingerprint density at radius 1 is 1.45 bits per heavy atom. The van der Waals surface area contributed by atoms with Crippen molar-refractivity contribution in [2.75, 3.05) is 0 Å². The number of allylic oxidation sites excluding steroid dienone is 1. The first-order chi connectivity index (χ1) is 9.49. The van der Waals surface area contributed by atoms with Gasteiger partial charge in [0.1, 0.15) is 10.8 Å². The third kappa shape index (κ3) is 2.09. The van der Waals surface area contributed by atoms with Gasteiger partial charge in [-0.2, -0.15) is 0 Å². The van der Waals surface area contributed by atoms with Crippen molar-refractivity contribution in [2.45, 2.75) is 25.3 Å². The summed E-state index contributed by atoms with van der Waals surface area (Å²) in [6.45, 7) is 3.88. The van der Waals surface area contributed by atoms with Crippen LogP contribution in [0.25, 0.3) is 10.7 Å². The average Bonchev–Trinajstić information content (AvgIpc) is 3.04. The van der Waals surface area contributed by atoms with Crippen LogP contribution in [-0.4, -0.2) is 20.6 Å². The highest BCUT2D eigenvalue weighted by molar-refractivity contribution is 7.13. The molecule has 1 aliphatic rings. The van der Waals surface area contributed by atoms with Gasteiger partial charge in [0, 0.05) is 28.7 Å². The van der Waals surface area contributed by atoms with Crippen LogP contribution in [0.1, 0.15) is 25.5 Å². The molecule has 0 amide bonds. The number of thiazole rings is 1. The van der Waals surface area contributed by atoms with Crippen molar-refractivity contribution in [3.05, 3.63) is 52.9 Å². The summed E-state index contributed by atoms with van der Waals surface area (Å²) in [7, 11) is 0. The zero-order valence-electron chi connectivity index (χ0n) is 11.4. The van der Waals surface area contributed by atoms with Gasteiger partial charge in [-0.15, -0.1) is 11.3 Å². The molecular weight excluding hydrogens is 270 g/mol. The maximum absolute atomic E-state index is 9.95. The van der Waals surface area contributed by atoms with Gasteiger partial charge in [0.2, 0.25) is 0 Å². The Morgan fingerprint density at radius 2 is 2.25 bits per heavy atom. The second kappa shape index (κ2) is 4.61. The predicted molar refractivity (Wildman–Crippen MR) is 81.7 cm³/mol. The van der Waals surface area contributed by atoms with Crippen molar-refractivity contribution in [1.29, 1.82) is 0 Å². The number of nitrogens with one attached hydrogen (secondary N) is 1. The SMILES string of the molecule is CC1=C(O)C=CC(C)(N)C1c1ccc(-c2nccs2)[nH]1. The predicted octanol–water partition coefficient (Wildman–Crippen LogP) is 3.34. The summed E-state index contributed by atoms with van der Waals surface area (Å²) in [5.41, 5.74) is 8.70. The van der Waals surface area contributed by atoms with E-state index < -0.39 is 5.54 Å². The fraction of sp³-hybridized carbons (Fsp3) is 0.267. The Morgan fingerprint density at radius 3 is 2.95 bits per heavy atom. The lowest BCUT2D eigenvalue weighted by atomic mass is 9.76. The Bertz CT molecular complexity index is 680. The largest absolute Gasteiger partial charge is 0.508 e. The summed E-state index contributed by atoms with van der Waals surface area (Å²) in [5.74, 6) is 0.226. The van der Waals surface area contributed by atoms with Crippen LogP contribution in [0.3, 0.4) is 0 Å². The summed E-state index contributed by atoms with van der Waals surface area (Å²) >= 11 is 1.59. The van der Waals surface area contributed by atoms with Crippen LogP contribution in [0, 0.1) is 0 Å². The number of aliphatic hydroxyl groups excluding tert-OH is 1. The van der Waals surface area contributed by atoms with Crippen molar-refractivity contribution < 1.29 is 5.11 Å². The summed E-state index contributed by atoms with van der Waals surface area (Å²) < 4.78 is 0. The van der Waals surface area contributed by atoms with E-state index in [0.29, 0.717) is 5.76 Å². The molecule has 2 atom stereocenters. The molecule has 0 aromatic carbocycles. The quantitative estimate of drug-likeness (QED) is 0.793. The second-order valence-electron chi connectivity index (χ2n) is 5.37. The van der Waals surface area contributed by atoms with Crippen LogP contribution < -0.4 is 5.73 Å². The smallest absolute Gasteiger partial charge is 0.139 e. The minimum Gasteiger partial charge on any atom is -0.508 e. The van der Waals surface area contributed by atoms with E-state index in [1.807, 2.05) is 37.4 Å². The van der Waals surface area contributed by atoms with Crippen molar-refractivity contribution >= 4 is 11.3 Å². The minimum absolute atomic E-state index is 0.0683. The topological polar surface area (TPSA) is 74.9 Å². The number of aliphatic hydroxyl groups is 1. The van der Waals surface area contributed by atoms with Gasteiger partial charge >= 0.3 is 0 Å². The number of rotatable bonds is 2. The van der Waals surface area contributed by atoms with Gasteiger partial charge in [-0.3, -0.25) is 0 Å². The summed E-state index contributed by atoms with van der Waals surface area (Å²) in [5, 5.41) is 12.8. The fourth-order valence-electron chi connectivity index (χ4n) is 2.73. The van der Waals surface area contributed by atoms with Crippen molar-refractivity contribution in [3.8, 4) is 10.7 Å². The number of aromatic amines is 1. The van der Waals surface area contributed by atoms with Crippen LogP contribution in [0.15, 0.2) is 47.2 Å². The first-order valence-corrected chi connectivity index (χ1v) is 7.33. The second-order valence-corrected chi connectivity index (χ2v) is 6.26. The molecular formula is C15H17N3OS. The summed E-state index contributed by atoms with van der Waals surface area (Å²) in [6.07, 6.45) is 5.31. The Balaban J connectivity index is 2.02. The van der Waals surface area contributed by atoms with Gasteiger partial charge in [-0.1, -0.05) is 6.08 Å². The van der Waals surface area contributed by atoms with Crippen molar-refractivity contribution in [2.24, 2.45) is 5.73 Å². The molecule has 0 spiro atoms. The van der Waals surface area contributed by atoms with E-state index in [4.69, 9.17) is 5.73 Å². The molecule has 3 rings (SSSR count).